The second-order valence-electron chi connectivity index (χ2n) is 4.10. The SMILES string of the molecule is ClC(c1cc(Br)sc1Br)C1COc2ccccc2O1. The van der Waals surface area contributed by atoms with Crippen LogP contribution in [-0.4, -0.2) is 12.7 Å². The second-order valence-corrected chi connectivity index (χ2v) is 8.31. The number of ether oxygens (including phenoxy) is 2. The number of thiophene rings is 1. The Morgan fingerprint density at radius 2 is 2.00 bits per heavy atom. The van der Waals surface area contributed by atoms with Crippen LogP contribution in [0.1, 0.15) is 10.9 Å². The highest BCUT2D eigenvalue weighted by Crippen LogP contribution is 2.42. The predicted octanol–water partition coefficient (Wildman–Crippen LogP) is 5.39. The Morgan fingerprint density at radius 3 is 2.68 bits per heavy atom. The van der Waals surface area contributed by atoms with Gasteiger partial charge in [0.05, 0.1) is 7.57 Å². The van der Waals surface area contributed by atoms with Gasteiger partial charge in [-0.05, 0) is 50.1 Å². The highest BCUT2D eigenvalue weighted by molar-refractivity contribution is 9.12. The van der Waals surface area contributed by atoms with E-state index in [9.17, 15) is 0 Å². The van der Waals surface area contributed by atoms with E-state index < -0.39 is 0 Å². The Balaban J connectivity index is 1.83. The first-order chi connectivity index (χ1) is 9.15. The topological polar surface area (TPSA) is 18.5 Å². The number of para-hydroxylation sites is 2. The van der Waals surface area contributed by atoms with Crippen LogP contribution in [0.2, 0.25) is 0 Å². The highest BCUT2D eigenvalue weighted by Gasteiger charge is 2.30. The van der Waals surface area contributed by atoms with Gasteiger partial charge in [0, 0.05) is 5.56 Å². The van der Waals surface area contributed by atoms with Gasteiger partial charge in [-0.1, -0.05) is 12.1 Å². The van der Waals surface area contributed by atoms with Crippen LogP contribution in [0.4, 0.5) is 0 Å². The second kappa shape index (κ2) is 5.64. The zero-order chi connectivity index (χ0) is 13.4. The van der Waals surface area contributed by atoms with E-state index in [0.717, 1.165) is 24.6 Å². The highest BCUT2D eigenvalue weighted by atomic mass is 79.9. The minimum Gasteiger partial charge on any atom is -0.486 e. The standard InChI is InChI=1S/C13H9Br2ClO2S/c14-11-5-7(13(15)19-11)12(16)10-6-17-8-3-1-2-4-9(8)18-10/h1-5,10,12H,6H2. The van der Waals surface area contributed by atoms with Gasteiger partial charge in [-0.3, -0.25) is 0 Å². The minimum atomic E-state index is -0.259. The lowest BCUT2D eigenvalue weighted by atomic mass is 10.1. The number of halogens is 3. The summed E-state index contributed by atoms with van der Waals surface area (Å²) in [4.78, 5) is 0. The zero-order valence-corrected chi connectivity index (χ0v) is 14.4. The fourth-order valence-electron chi connectivity index (χ4n) is 1.92. The van der Waals surface area contributed by atoms with Gasteiger partial charge in [-0.2, -0.15) is 0 Å². The van der Waals surface area contributed by atoms with Crippen molar-refractivity contribution in [3.63, 3.8) is 0 Å². The molecule has 1 aliphatic rings. The van der Waals surface area contributed by atoms with E-state index in [2.05, 4.69) is 31.9 Å². The Morgan fingerprint density at radius 1 is 1.26 bits per heavy atom. The molecular weight excluding hydrogens is 415 g/mol. The first kappa shape index (κ1) is 13.7. The van der Waals surface area contributed by atoms with Crippen LogP contribution in [-0.2, 0) is 0 Å². The van der Waals surface area contributed by atoms with Crippen molar-refractivity contribution >= 4 is 54.8 Å². The largest absolute Gasteiger partial charge is 0.486 e. The lowest BCUT2D eigenvalue weighted by molar-refractivity contribution is 0.0877. The zero-order valence-electron chi connectivity index (χ0n) is 9.61. The van der Waals surface area contributed by atoms with Gasteiger partial charge < -0.3 is 9.47 Å². The molecule has 100 valence electrons. The molecule has 2 heterocycles. The molecule has 2 nitrogen and oxygen atoms in total. The fraction of sp³-hybridized carbons (Fsp3) is 0.231. The average molecular weight is 425 g/mol. The average Bonchev–Trinajstić information content (AvgIpc) is 2.76. The quantitative estimate of drug-likeness (QED) is 0.602. The maximum absolute atomic E-state index is 6.52. The summed E-state index contributed by atoms with van der Waals surface area (Å²) in [5, 5.41) is -0.259. The van der Waals surface area contributed by atoms with Crippen molar-refractivity contribution in [1.29, 1.82) is 0 Å². The molecule has 2 aromatic rings. The third-order valence-electron chi connectivity index (χ3n) is 2.84. The van der Waals surface area contributed by atoms with Crippen LogP contribution in [0, 0.1) is 0 Å². The summed E-state index contributed by atoms with van der Waals surface area (Å²) < 4.78 is 13.7. The van der Waals surface area contributed by atoms with Gasteiger partial charge in [0.25, 0.3) is 0 Å². The summed E-state index contributed by atoms with van der Waals surface area (Å²) in [6.07, 6.45) is -0.200. The molecule has 0 fully saturated rings. The van der Waals surface area contributed by atoms with E-state index >= 15 is 0 Å². The molecule has 3 rings (SSSR count). The van der Waals surface area contributed by atoms with Crippen molar-refractivity contribution in [1.82, 2.24) is 0 Å². The van der Waals surface area contributed by atoms with E-state index in [1.54, 1.807) is 11.3 Å². The molecule has 0 spiro atoms. The summed E-state index contributed by atoms with van der Waals surface area (Å²) >= 11 is 15.1. The molecule has 19 heavy (non-hydrogen) atoms. The maximum atomic E-state index is 6.52. The number of hydrogen-bond acceptors (Lipinski definition) is 3. The molecule has 2 atom stereocenters. The Labute approximate surface area is 136 Å². The number of alkyl halides is 1. The Bertz CT molecular complexity index is 602. The van der Waals surface area contributed by atoms with E-state index in [-0.39, 0.29) is 11.5 Å². The van der Waals surface area contributed by atoms with Gasteiger partial charge in [0.15, 0.2) is 17.6 Å². The number of hydrogen-bond donors (Lipinski definition) is 0. The molecular formula is C13H9Br2ClO2S. The van der Waals surface area contributed by atoms with Crippen molar-refractivity contribution < 1.29 is 9.47 Å². The number of fused-ring (bicyclic) bond motifs is 1. The van der Waals surface area contributed by atoms with E-state index in [1.165, 1.54) is 0 Å². The lowest BCUT2D eigenvalue weighted by Crippen LogP contribution is -2.32. The molecule has 2 unspecified atom stereocenters. The summed E-state index contributed by atoms with van der Waals surface area (Å²) in [6, 6.07) is 9.64. The van der Waals surface area contributed by atoms with Crippen LogP contribution in [0.3, 0.4) is 0 Å². The van der Waals surface area contributed by atoms with Crippen molar-refractivity contribution in [2.75, 3.05) is 6.61 Å². The Kier molecular flexibility index (Phi) is 4.08. The van der Waals surface area contributed by atoms with Crippen molar-refractivity contribution in [3.05, 3.63) is 43.5 Å². The van der Waals surface area contributed by atoms with Gasteiger partial charge in [-0.15, -0.1) is 22.9 Å². The molecule has 6 heteroatoms. The van der Waals surface area contributed by atoms with Gasteiger partial charge in [0.1, 0.15) is 12.0 Å². The number of rotatable bonds is 2. The third kappa shape index (κ3) is 2.79. The first-order valence-corrected chi connectivity index (χ1v) is 8.46. The summed E-state index contributed by atoms with van der Waals surface area (Å²) in [5.74, 6) is 1.52. The molecule has 0 N–H and O–H groups in total. The molecule has 0 saturated heterocycles. The first-order valence-electron chi connectivity index (χ1n) is 5.62. The molecule has 0 amide bonds. The van der Waals surface area contributed by atoms with Gasteiger partial charge in [0.2, 0.25) is 0 Å². The van der Waals surface area contributed by atoms with Crippen LogP contribution >= 0.6 is 54.8 Å². The van der Waals surface area contributed by atoms with Gasteiger partial charge in [-0.25, -0.2) is 0 Å². The van der Waals surface area contributed by atoms with Crippen LogP contribution in [0.5, 0.6) is 11.5 Å². The lowest BCUT2D eigenvalue weighted by Gasteiger charge is -2.29. The van der Waals surface area contributed by atoms with Crippen molar-refractivity contribution in [3.8, 4) is 11.5 Å². The predicted molar refractivity (Wildman–Crippen MR) is 84.7 cm³/mol. The molecule has 1 aromatic heterocycles. The minimum absolute atomic E-state index is 0.200. The van der Waals surface area contributed by atoms with Gasteiger partial charge >= 0.3 is 0 Å². The molecule has 0 aliphatic carbocycles. The van der Waals surface area contributed by atoms with Crippen molar-refractivity contribution in [2.45, 2.75) is 11.5 Å². The Hall–Kier alpha value is -0.230. The maximum Gasteiger partial charge on any atom is 0.161 e. The van der Waals surface area contributed by atoms with E-state index in [1.807, 2.05) is 30.3 Å². The molecule has 0 bridgehead atoms. The molecule has 1 aliphatic heterocycles. The smallest absolute Gasteiger partial charge is 0.161 e. The summed E-state index contributed by atoms with van der Waals surface area (Å²) in [7, 11) is 0. The van der Waals surface area contributed by atoms with Crippen molar-refractivity contribution in [2.24, 2.45) is 0 Å². The monoisotopic (exact) mass is 422 g/mol. The van der Waals surface area contributed by atoms with Crippen LogP contribution in [0.25, 0.3) is 0 Å². The van der Waals surface area contributed by atoms with E-state index in [4.69, 9.17) is 21.1 Å². The van der Waals surface area contributed by atoms with Crippen LogP contribution < -0.4 is 9.47 Å². The summed E-state index contributed by atoms with van der Waals surface area (Å²) in [6.45, 7) is 0.449. The third-order valence-corrected chi connectivity index (χ3v) is 5.74. The molecule has 0 saturated carbocycles. The van der Waals surface area contributed by atoms with Crippen LogP contribution in [0.15, 0.2) is 37.9 Å². The number of benzene rings is 1. The van der Waals surface area contributed by atoms with E-state index in [0.29, 0.717) is 6.61 Å². The molecule has 1 aromatic carbocycles. The molecule has 0 radical (unpaired) electrons. The summed E-state index contributed by atoms with van der Waals surface area (Å²) in [5.41, 5.74) is 1.02. The fourth-order valence-corrected chi connectivity index (χ4v) is 5.34. The normalized spacial score (nSPS) is 19.2.